The average molecular weight is 289 g/mol. The molecule has 1 aliphatic rings. The van der Waals surface area contributed by atoms with Gasteiger partial charge in [-0.1, -0.05) is 12.8 Å². The second-order valence-electron chi connectivity index (χ2n) is 5.27. The monoisotopic (exact) mass is 289 g/mol. The Balaban J connectivity index is 1.59. The standard InChI is InChI=1S/C15H19N3OS/c19-15(10-18-7-3-1-2-4-8-18)17-12-5-6-14-13(9-12)16-11-20-14/h5-6,9,11H,1-4,7-8,10H2,(H,17,19). The number of carbonyl (C=O) groups excluding carboxylic acids is 1. The van der Waals surface area contributed by atoms with Gasteiger partial charge in [0.1, 0.15) is 0 Å². The van der Waals surface area contributed by atoms with Gasteiger partial charge in [-0.05, 0) is 44.1 Å². The van der Waals surface area contributed by atoms with Crippen molar-refractivity contribution in [2.75, 3.05) is 25.0 Å². The molecule has 20 heavy (non-hydrogen) atoms. The summed E-state index contributed by atoms with van der Waals surface area (Å²) in [5.41, 5.74) is 3.61. The Morgan fingerprint density at radius 1 is 1.25 bits per heavy atom. The van der Waals surface area contributed by atoms with E-state index in [9.17, 15) is 4.79 Å². The lowest BCUT2D eigenvalue weighted by Gasteiger charge is -2.18. The predicted octanol–water partition coefficient (Wildman–Crippen LogP) is 3.11. The van der Waals surface area contributed by atoms with E-state index in [2.05, 4.69) is 15.2 Å². The highest BCUT2D eigenvalue weighted by molar-refractivity contribution is 7.16. The Bertz CT molecular complexity index is 588. The minimum atomic E-state index is 0.0708. The van der Waals surface area contributed by atoms with Crippen molar-refractivity contribution in [1.29, 1.82) is 0 Å². The van der Waals surface area contributed by atoms with Gasteiger partial charge in [0.2, 0.25) is 5.91 Å². The molecule has 0 saturated carbocycles. The van der Waals surface area contributed by atoms with Gasteiger partial charge in [-0.25, -0.2) is 4.98 Å². The number of rotatable bonds is 3. The van der Waals surface area contributed by atoms with Gasteiger partial charge >= 0.3 is 0 Å². The third-order valence-electron chi connectivity index (χ3n) is 3.68. The summed E-state index contributed by atoms with van der Waals surface area (Å²) in [6.07, 6.45) is 4.99. The van der Waals surface area contributed by atoms with E-state index < -0.39 is 0 Å². The quantitative estimate of drug-likeness (QED) is 0.944. The van der Waals surface area contributed by atoms with E-state index in [4.69, 9.17) is 0 Å². The molecular formula is C15H19N3OS. The normalized spacial score (nSPS) is 17.0. The van der Waals surface area contributed by atoms with E-state index in [1.54, 1.807) is 11.3 Å². The van der Waals surface area contributed by atoms with Gasteiger partial charge < -0.3 is 5.32 Å². The molecule has 1 aromatic carbocycles. The molecule has 5 heteroatoms. The number of carbonyl (C=O) groups is 1. The predicted molar refractivity (Wildman–Crippen MR) is 83.2 cm³/mol. The summed E-state index contributed by atoms with van der Waals surface area (Å²) in [6, 6.07) is 5.89. The number of anilines is 1. The van der Waals surface area contributed by atoms with Crippen LogP contribution >= 0.6 is 11.3 Å². The largest absolute Gasteiger partial charge is 0.325 e. The topological polar surface area (TPSA) is 45.2 Å². The van der Waals surface area contributed by atoms with Crippen molar-refractivity contribution >= 4 is 33.1 Å². The molecule has 0 bridgehead atoms. The minimum Gasteiger partial charge on any atom is -0.325 e. The zero-order valence-electron chi connectivity index (χ0n) is 11.5. The van der Waals surface area contributed by atoms with E-state index in [1.807, 2.05) is 23.7 Å². The number of benzene rings is 1. The van der Waals surface area contributed by atoms with E-state index >= 15 is 0 Å². The van der Waals surface area contributed by atoms with Crippen molar-refractivity contribution < 1.29 is 4.79 Å². The maximum absolute atomic E-state index is 12.1. The molecule has 0 radical (unpaired) electrons. The smallest absolute Gasteiger partial charge is 0.238 e. The molecule has 1 aliphatic heterocycles. The van der Waals surface area contributed by atoms with E-state index in [0.717, 1.165) is 29.0 Å². The third kappa shape index (κ3) is 3.35. The zero-order valence-corrected chi connectivity index (χ0v) is 12.3. The molecule has 4 nitrogen and oxygen atoms in total. The first kappa shape index (κ1) is 13.5. The summed E-state index contributed by atoms with van der Waals surface area (Å²) < 4.78 is 1.15. The lowest BCUT2D eigenvalue weighted by molar-refractivity contribution is -0.117. The summed E-state index contributed by atoms with van der Waals surface area (Å²) in [5.74, 6) is 0.0708. The lowest BCUT2D eigenvalue weighted by atomic mass is 10.2. The zero-order chi connectivity index (χ0) is 13.8. The fourth-order valence-corrected chi connectivity index (χ4v) is 3.29. The highest BCUT2D eigenvalue weighted by Crippen LogP contribution is 2.21. The van der Waals surface area contributed by atoms with Crippen LogP contribution in [-0.4, -0.2) is 35.4 Å². The van der Waals surface area contributed by atoms with Gasteiger partial charge in [0.05, 0.1) is 22.3 Å². The van der Waals surface area contributed by atoms with Crippen LogP contribution < -0.4 is 5.32 Å². The maximum atomic E-state index is 12.1. The number of amides is 1. The maximum Gasteiger partial charge on any atom is 0.238 e. The Morgan fingerprint density at radius 2 is 2.05 bits per heavy atom. The lowest BCUT2D eigenvalue weighted by Crippen LogP contribution is -2.33. The number of hydrogen-bond acceptors (Lipinski definition) is 4. The van der Waals surface area contributed by atoms with E-state index in [1.165, 1.54) is 25.7 Å². The number of nitrogens with one attached hydrogen (secondary N) is 1. The summed E-state index contributed by atoms with van der Waals surface area (Å²) in [5, 5.41) is 2.98. The summed E-state index contributed by atoms with van der Waals surface area (Å²) in [7, 11) is 0. The van der Waals surface area contributed by atoms with Gasteiger partial charge in [-0.15, -0.1) is 11.3 Å². The molecule has 1 saturated heterocycles. The molecule has 2 heterocycles. The van der Waals surface area contributed by atoms with Crippen LogP contribution in [0.2, 0.25) is 0 Å². The fourth-order valence-electron chi connectivity index (χ4n) is 2.63. The Morgan fingerprint density at radius 3 is 2.85 bits per heavy atom. The second-order valence-corrected chi connectivity index (χ2v) is 6.16. The first-order valence-electron chi connectivity index (χ1n) is 7.17. The third-order valence-corrected chi connectivity index (χ3v) is 4.49. The Labute approximate surface area is 122 Å². The number of hydrogen-bond donors (Lipinski definition) is 1. The van der Waals surface area contributed by atoms with Crippen molar-refractivity contribution in [3.8, 4) is 0 Å². The first-order chi connectivity index (χ1) is 9.81. The first-order valence-corrected chi connectivity index (χ1v) is 8.05. The van der Waals surface area contributed by atoms with Gasteiger partial charge in [0.25, 0.3) is 0 Å². The highest BCUT2D eigenvalue weighted by atomic mass is 32.1. The minimum absolute atomic E-state index is 0.0708. The SMILES string of the molecule is O=C(CN1CCCCCC1)Nc1ccc2scnc2c1. The Hall–Kier alpha value is -1.46. The van der Waals surface area contributed by atoms with Crippen LogP contribution in [0, 0.1) is 0 Å². The number of likely N-dealkylation sites (tertiary alicyclic amines) is 1. The van der Waals surface area contributed by atoms with Crippen LogP contribution in [0.25, 0.3) is 10.2 Å². The highest BCUT2D eigenvalue weighted by Gasteiger charge is 2.13. The molecule has 1 aromatic heterocycles. The second kappa shape index (κ2) is 6.33. The van der Waals surface area contributed by atoms with E-state index in [-0.39, 0.29) is 5.91 Å². The van der Waals surface area contributed by atoms with Crippen molar-refractivity contribution in [3.05, 3.63) is 23.7 Å². The van der Waals surface area contributed by atoms with Crippen molar-refractivity contribution in [2.45, 2.75) is 25.7 Å². The van der Waals surface area contributed by atoms with Crippen molar-refractivity contribution in [1.82, 2.24) is 9.88 Å². The molecule has 2 aromatic rings. The molecule has 0 atom stereocenters. The van der Waals surface area contributed by atoms with Crippen LogP contribution in [0.4, 0.5) is 5.69 Å². The number of nitrogens with zero attached hydrogens (tertiary/aromatic N) is 2. The Kier molecular flexibility index (Phi) is 4.28. The van der Waals surface area contributed by atoms with Crippen molar-refractivity contribution in [2.24, 2.45) is 0 Å². The van der Waals surface area contributed by atoms with Crippen LogP contribution in [0.1, 0.15) is 25.7 Å². The molecule has 0 aliphatic carbocycles. The molecule has 3 rings (SSSR count). The number of aromatic nitrogens is 1. The molecule has 1 amide bonds. The summed E-state index contributed by atoms with van der Waals surface area (Å²) >= 11 is 1.61. The number of fused-ring (bicyclic) bond motifs is 1. The van der Waals surface area contributed by atoms with Gasteiger partial charge in [-0.2, -0.15) is 0 Å². The van der Waals surface area contributed by atoms with Crippen LogP contribution in [0.15, 0.2) is 23.7 Å². The van der Waals surface area contributed by atoms with Gasteiger partial charge in [0.15, 0.2) is 0 Å². The molecule has 1 N–H and O–H groups in total. The van der Waals surface area contributed by atoms with Crippen LogP contribution in [0.3, 0.4) is 0 Å². The van der Waals surface area contributed by atoms with Crippen molar-refractivity contribution in [3.63, 3.8) is 0 Å². The molecule has 1 fully saturated rings. The number of thiazole rings is 1. The van der Waals surface area contributed by atoms with Crippen LogP contribution in [-0.2, 0) is 4.79 Å². The van der Waals surface area contributed by atoms with Gasteiger partial charge in [0, 0.05) is 5.69 Å². The molecular weight excluding hydrogens is 270 g/mol. The van der Waals surface area contributed by atoms with E-state index in [0.29, 0.717) is 6.54 Å². The molecule has 106 valence electrons. The summed E-state index contributed by atoms with van der Waals surface area (Å²) in [6.45, 7) is 2.58. The fraction of sp³-hybridized carbons (Fsp3) is 0.467. The average Bonchev–Trinajstić information content (AvgIpc) is 2.75. The van der Waals surface area contributed by atoms with Crippen LogP contribution in [0.5, 0.6) is 0 Å². The summed E-state index contributed by atoms with van der Waals surface area (Å²) in [4.78, 5) is 18.6. The molecule has 0 unspecified atom stereocenters. The molecule has 0 spiro atoms. The van der Waals surface area contributed by atoms with Gasteiger partial charge in [-0.3, -0.25) is 9.69 Å².